The van der Waals surface area contributed by atoms with Gasteiger partial charge in [0.2, 0.25) is 11.8 Å². The molecule has 0 saturated carbocycles. The lowest BCUT2D eigenvalue weighted by Gasteiger charge is -2.14. The molecule has 5 nitrogen and oxygen atoms in total. The van der Waals surface area contributed by atoms with Gasteiger partial charge in [-0.3, -0.25) is 9.59 Å². The van der Waals surface area contributed by atoms with Crippen LogP contribution in [0.2, 0.25) is 0 Å². The van der Waals surface area contributed by atoms with Crippen LogP contribution in [0, 0.1) is 6.92 Å². The summed E-state index contributed by atoms with van der Waals surface area (Å²) in [6.07, 6.45) is 2.17. The summed E-state index contributed by atoms with van der Waals surface area (Å²) in [6.45, 7) is 4.19. The maximum Gasteiger partial charge on any atom is 0.220 e. The second kappa shape index (κ2) is 9.67. The molecule has 134 valence electrons. The van der Waals surface area contributed by atoms with Gasteiger partial charge in [0.15, 0.2) is 0 Å². The average molecular weight is 342 g/mol. The molecule has 5 heteroatoms. The van der Waals surface area contributed by atoms with Crippen molar-refractivity contribution in [2.24, 2.45) is 0 Å². The van der Waals surface area contributed by atoms with E-state index in [1.807, 2.05) is 44.2 Å². The third kappa shape index (κ3) is 7.25. The second-order valence-corrected chi connectivity index (χ2v) is 6.28. The molecule has 1 aromatic heterocycles. The van der Waals surface area contributed by atoms with E-state index in [2.05, 4.69) is 22.8 Å². The van der Waals surface area contributed by atoms with Crippen LogP contribution < -0.4 is 10.6 Å². The predicted octanol–water partition coefficient (Wildman–Crippen LogP) is 3.12. The van der Waals surface area contributed by atoms with E-state index in [4.69, 9.17) is 4.42 Å². The highest BCUT2D eigenvalue weighted by Gasteiger charge is 2.10. The molecule has 0 aliphatic carbocycles. The maximum absolute atomic E-state index is 11.9. The van der Waals surface area contributed by atoms with Crippen molar-refractivity contribution in [3.05, 3.63) is 59.5 Å². The number of rotatable bonds is 9. The minimum Gasteiger partial charge on any atom is -0.465 e. The lowest BCUT2D eigenvalue weighted by Crippen LogP contribution is -2.34. The molecule has 2 aromatic rings. The number of carbonyl (C=O) groups is 2. The Hall–Kier alpha value is -2.56. The van der Waals surface area contributed by atoms with E-state index >= 15 is 0 Å². The molecule has 0 bridgehead atoms. The van der Waals surface area contributed by atoms with Gasteiger partial charge in [0.25, 0.3) is 0 Å². The van der Waals surface area contributed by atoms with E-state index in [1.54, 1.807) is 0 Å². The molecule has 1 heterocycles. The van der Waals surface area contributed by atoms with Gasteiger partial charge >= 0.3 is 0 Å². The number of benzene rings is 1. The Bertz CT molecular complexity index is 679. The van der Waals surface area contributed by atoms with Crippen LogP contribution in [0.1, 0.15) is 43.3 Å². The van der Waals surface area contributed by atoms with Gasteiger partial charge < -0.3 is 15.1 Å². The van der Waals surface area contributed by atoms with Crippen molar-refractivity contribution >= 4 is 11.8 Å². The third-order valence-corrected chi connectivity index (χ3v) is 3.95. The van der Waals surface area contributed by atoms with Crippen molar-refractivity contribution in [2.45, 2.75) is 52.1 Å². The molecule has 0 spiro atoms. The van der Waals surface area contributed by atoms with Crippen molar-refractivity contribution in [3.8, 4) is 0 Å². The summed E-state index contributed by atoms with van der Waals surface area (Å²) < 4.78 is 5.38. The fourth-order valence-corrected chi connectivity index (χ4v) is 2.53. The molecular weight excluding hydrogens is 316 g/mol. The Balaban J connectivity index is 1.60. The summed E-state index contributed by atoms with van der Waals surface area (Å²) in [5, 5.41) is 5.70. The molecule has 0 saturated heterocycles. The Labute approximate surface area is 148 Å². The smallest absolute Gasteiger partial charge is 0.220 e. The van der Waals surface area contributed by atoms with Gasteiger partial charge in [-0.2, -0.15) is 0 Å². The molecule has 0 aliphatic rings. The van der Waals surface area contributed by atoms with Crippen LogP contribution in [0.25, 0.3) is 0 Å². The molecule has 2 amide bonds. The predicted molar refractivity (Wildman–Crippen MR) is 96.9 cm³/mol. The fraction of sp³-hybridized carbons (Fsp3) is 0.400. The van der Waals surface area contributed by atoms with Gasteiger partial charge in [0.05, 0.1) is 6.54 Å². The molecule has 2 rings (SSSR count). The Morgan fingerprint density at radius 2 is 1.76 bits per heavy atom. The SMILES string of the molecule is Cc1ccc(CNC(=O)CCC(=O)NC(C)CCc2ccccc2)o1. The van der Waals surface area contributed by atoms with E-state index in [1.165, 1.54) is 5.56 Å². The minimum absolute atomic E-state index is 0.0851. The van der Waals surface area contributed by atoms with Crippen LogP contribution in [-0.2, 0) is 22.6 Å². The van der Waals surface area contributed by atoms with Crippen molar-refractivity contribution in [1.82, 2.24) is 10.6 Å². The van der Waals surface area contributed by atoms with Crippen LogP contribution in [-0.4, -0.2) is 17.9 Å². The maximum atomic E-state index is 11.9. The van der Waals surface area contributed by atoms with Crippen molar-refractivity contribution < 1.29 is 14.0 Å². The lowest BCUT2D eigenvalue weighted by atomic mass is 10.1. The molecule has 2 N–H and O–H groups in total. The van der Waals surface area contributed by atoms with Gasteiger partial charge in [-0.15, -0.1) is 0 Å². The average Bonchev–Trinajstić information content (AvgIpc) is 3.02. The van der Waals surface area contributed by atoms with Gasteiger partial charge in [-0.05, 0) is 44.4 Å². The number of amides is 2. The number of nitrogens with one attached hydrogen (secondary N) is 2. The molecule has 0 fully saturated rings. The topological polar surface area (TPSA) is 71.3 Å². The van der Waals surface area contributed by atoms with Gasteiger partial charge in [0, 0.05) is 18.9 Å². The van der Waals surface area contributed by atoms with E-state index in [0.717, 1.165) is 18.6 Å². The van der Waals surface area contributed by atoms with Crippen molar-refractivity contribution in [2.75, 3.05) is 0 Å². The second-order valence-electron chi connectivity index (χ2n) is 6.28. The summed E-state index contributed by atoms with van der Waals surface area (Å²) in [5.74, 6) is 1.28. The fourth-order valence-electron chi connectivity index (χ4n) is 2.53. The van der Waals surface area contributed by atoms with E-state index < -0.39 is 0 Å². The molecular formula is C20H26N2O3. The Kier molecular flexibility index (Phi) is 7.26. The minimum atomic E-state index is -0.152. The highest BCUT2D eigenvalue weighted by Crippen LogP contribution is 2.06. The lowest BCUT2D eigenvalue weighted by molar-refractivity contribution is -0.126. The molecule has 1 unspecified atom stereocenters. The molecule has 25 heavy (non-hydrogen) atoms. The quantitative estimate of drug-likeness (QED) is 0.735. The molecule has 0 radical (unpaired) electrons. The first-order chi connectivity index (χ1) is 12.0. The normalized spacial score (nSPS) is 11.8. The largest absolute Gasteiger partial charge is 0.465 e. The number of aryl methyl sites for hydroxylation is 2. The number of hydrogen-bond donors (Lipinski definition) is 2. The zero-order valence-corrected chi connectivity index (χ0v) is 14.9. The number of hydrogen-bond acceptors (Lipinski definition) is 3. The van der Waals surface area contributed by atoms with Gasteiger partial charge in [-0.1, -0.05) is 30.3 Å². The van der Waals surface area contributed by atoms with Gasteiger partial charge in [0.1, 0.15) is 11.5 Å². The van der Waals surface area contributed by atoms with Crippen LogP contribution in [0.15, 0.2) is 46.9 Å². The van der Waals surface area contributed by atoms with E-state index in [0.29, 0.717) is 12.3 Å². The van der Waals surface area contributed by atoms with E-state index in [9.17, 15) is 9.59 Å². The summed E-state index contributed by atoms with van der Waals surface area (Å²) >= 11 is 0. The first-order valence-electron chi connectivity index (χ1n) is 8.68. The van der Waals surface area contributed by atoms with Crippen molar-refractivity contribution in [1.29, 1.82) is 0 Å². The van der Waals surface area contributed by atoms with Crippen molar-refractivity contribution in [3.63, 3.8) is 0 Å². The Morgan fingerprint density at radius 3 is 2.44 bits per heavy atom. The first-order valence-corrected chi connectivity index (χ1v) is 8.68. The number of furan rings is 1. The van der Waals surface area contributed by atoms with Crippen LogP contribution in [0.5, 0.6) is 0 Å². The number of carbonyl (C=O) groups excluding carboxylic acids is 2. The summed E-state index contributed by atoms with van der Waals surface area (Å²) in [7, 11) is 0. The van der Waals surface area contributed by atoms with Crippen LogP contribution >= 0.6 is 0 Å². The standard InChI is InChI=1S/C20H26N2O3/c1-15(8-10-17-6-4-3-5-7-17)22-20(24)13-12-19(23)21-14-18-11-9-16(2)25-18/h3-7,9,11,15H,8,10,12-14H2,1-2H3,(H,21,23)(H,22,24). The first kappa shape index (κ1) is 18.8. The monoisotopic (exact) mass is 342 g/mol. The summed E-state index contributed by atoms with van der Waals surface area (Å²) in [6, 6.07) is 14.0. The zero-order valence-electron chi connectivity index (χ0n) is 14.9. The highest BCUT2D eigenvalue weighted by molar-refractivity contribution is 5.83. The summed E-state index contributed by atoms with van der Waals surface area (Å²) in [4.78, 5) is 23.7. The van der Waals surface area contributed by atoms with Gasteiger partial charge in [-0.25, -0.2) is 0 Å². The zero-order chi connectivity index (χ0) is 18.1. The van der Waals surface area contributed by atoms with E-state index in [-0.39, 0.29) is 30.7 Å². The molecule has 0 aliphatic heterocycles. The van der Waals surface area contributed by atoms with Crippen LogP contribution in [0.4, 0.5) is 0 Å². The third-order valence-electron chi connectivity index (χ3n) is 3.95. The molecule has 1 atom stereocenters. The Morgan fingerprint density at radius 1 is 1.04 bits per heavy atom. The van der Waals surface area contributed by atoms with Crippen LogP contribution in [0.3, 0.4) is 0 Å². The highest BCUT2D eigenvalue weighted by atomic mass is 16.3. The summed E-state index contributed by atoms with van der Waals surface area (Å²) in [5.41, 5.74) is 1.26. The molecule has 1 aromatic carbocycles.